The SMILES string of the molecule is Cc1ccccc1CN1CC(Oc2ccccc2C(=O)N2CCOCC2)C1. The molecular formula is C22H26N2O3. The first-order valence-corrected chi connectivity index (χ1v) is 9.60. The standard InChI is InChI=1S/C22H26N2O3/c1-17-6-2-3-7-18(17)14-23-15-19(16-23)27-21-9-5-4-8-20(21)22(25)24-10-12-26-13-11-24/h2-9,19H,10-16H2,1H3. The fourth-order valence-corrected chi connectivity index (χ4v) is 3.62. The minimum atomic E-state index is 0.0324. The second-order valence-electron chi connectivity index (χ2n) is 7.26. The quantitative estimate of drug-likeness (QED) is 0.816. The van der Waals surface area contributed by atoms with Crippen molar-refractivity contribution < 1.29 is 14.3 Å². The number of hydrogen-bond donors (Lipinski definition) is 0. The molecule has 2 aliphatic heterocycles. The minimum Gasteiger partial charge on any atom is -0.487 e. The van der Waals surface area contributed by atoms with E-state index in [4.69, 9.17) is 9.47 Å². The normalized spacial score (nSPS) is 18.2. The molecule has 2 aliphatic rings. The zero-order valence-corrected chi connectivity index (χ0v) is 15.8. The van der Waals surface area contributed by atoms with Crippen LogP contribution in [0.25, 0.3) is 0 Å². The van der Waals surface area contributed by atoms with E-state index in [1.165, 1.54) is 11.1 Å². The van der Waals surface area contributed by atoms with Crippen LogP contribution in [0.15, 0.2) is 48.5 Å². The van der Waals surface area contributed by atoms with E-state index in [2.05, 4.69) is 36.1 Å². The van der Waals surface area contributed by atoms with Crippen molar-refractivity contribution in [2.24, 2.45) is 0 Å². The van der Waals surface area contributed by atoms with Crippen molar-refractivity contribution in [3.63, 3.8) is 0 Å². The molecule has 2 saturated heterocycles. The van der Waals surface area contributed by atoms with Crippen molar-refractivity contribution in [1.29, 1.82) is 0 Å². The summed E-state index contributed by atoms with van der Waals surface area (Å²) in [7, 11) is 0. The summed E-state index contributed by atoms with van der Waals surface area (Å²) in [5, 5.41) is 0. The van der Waals surface area contributed by atoms with E-state index in [1.54, 1.807) is 0 Å². The molecule has 0 radical (unpaired) electrons. The Balaban J connectivity index is 1.36. The Labute approximate surface area is 160 Å². The van der Waals surface area contributed by atoms with Gasteiger partial charge in [-0.3, -0.25) is 9.69 Å². The molecule has 2 aromatic carbocycles. The third kappa shape index (κ3) is 4.15. The lowest BCUT2D eigenvalue weighted by Gasteiger charge is -2.39. The summed E-state index contributed by atoms with van der Waals surface area (Å²) in [6, 6.07) is 16.1. The van der Waals surface area contributed by atoms with E-state index in [0.717, 1.165) is 19.6 Å². The van der Waals surface area contributed by atoms with Crippen LogP contribution in [0.4, 0.5) is 0 Å². The molecule has 0 aliphatic carbocycles. The van der Waals surface area contributed by atoms with Crippen LogP contribution in [0.2, 0.25) is 0 Å². The first-order chi connectivity index (χ1) is 13.2. The number of para-hydroxylation sites is 1. The second-order valence-corrected chi connectivity index (χ2v) is 7.26. The predicted molar refractivity (Wildman–Crippen MR) is 104 cm³/mol. The van der Waals surface area contributed by atoms with Gasteiger partial charge in [-0.2, -0.15) is 0 Å². The second kappa shape index (κ2) is 8.11. The van der Waals surface area contributed by atoms with E-state index >= 15 is 0 Å². The van der Waals surface area contributed by atoms with Crippen LogP contribution >= 0.6 is 0 Å². The summed E-state index contributed by atoms with van der Waals surface area (Å²) in [6.45, 7) is 7.35. The van der Waals surface area contributed by atoms with Gasteiger partial charge in [0, 0.05) is 32.7 Å². The molecule has 0 unspecified atom stereocenters. The lowest BCUT2D eigenvalue weighted by Crippen LogP contribution is -2.53. The summed E-state index contributed by atoms with van der Waals surface area (Å²) in [6.07, 6.45) is 0.132. The Morgan fingerprint density at radius 3 is 2.56 bits per heavy atom. The number of likely N-dealkylation sites (tertiary alicyclic amines) is 1. The maximum absolute atomic E-state index is 12.8. The summed E-state index contributed by atoms with van der Waals surface area (Å²) in [4.78, 5) is 17.0. The Kier molecular flexibility index (Phi) is 5.41. The molecule has 1 amide bonds. The van der Waals surface area contributed by atoms with Gasteiger partial charge in [-0.1, -0.05) is 36.4 Å². The molecule has 5 heteroatoms. The van der Waals surface area contributed by atoms with Crippen molar-refractivity contribution in [1.82, 2.24) is 9.80 Å². The van der Waals surface area contributed by atoms with Crippen LogP contribution in [0.3, 0.4) is 0 Å². The van der Waals surface area contributed by atoms with Crippen LogP contribution in [-0.2, 0) is 11.3 Å². The highest BCUT2D eigenvalue weighted by atomic mass is 16.5. The van der Waals surface area contributed by atoms with Crippen molar-refractivity contribution in [2.75, 3.05) is 39.4 Å². The van der Waals surface area contributed by atoms with E-state index in [0.29, 0.717) is 37.6 Å². The van der Waals surface area contributed by atoms with Crippen LogP contribution in [0, 0.1) is 6.92 Å². The van der Waals surface area contributed by atoms with E-state index in [9.17, 15) is 4.79 Å². The third-order valence-corrected chi connectivity index (χ3v) is 5.29. The molecule has 0 bridgehead atoms. The summed E-state index contributed by atoms with van der Waals surface area (Å²) < 4.78 is 11.5. The number of carbonyl (C=O) groups is 1. The highest BCUT2D eigenvalue weighted by molar-refractivity contribution is 5.97. The van der Waals surface area contributed by atoms with Crippen LogP contribution in [-0.4, -0.2) is 61.2 Å². The Hall–Kier alpha value is -2.37. The molecule has 2 heterocycles. The Morgan fingerprint density at radius 2 is 1.78 bits per heavy atom. The monoisotopic (exact) mass is 366 g/mol. The number of hydrogen-bond acceptors (Lipinski definition) is 4. The molecular weight excluding hydrogens is 340 g/mol. The Morgan fingerprint density at radius 1 is 1.07 bits per heavy atom. The Bertz CT molecular complexity index is 796. The van der Waals surface area contributed by atoms with Crippen molar-refractivity contribution in [3.05, 3.63) is 65.2 Å². The maximum Gasteiger partial charge on any atom is 0.257 e. The number of morpholine rings is 1. The summed E-state index contributed by atoms with van der Waals surface area (Å²) >= 11 is 0. The maximum atomic E-state index is 12.8. The topological polar surface area (TPSA) is 42.0 Å². The van der Waals surface area contributed by atoms with Gasteiger partial charge in [0.15, 0.2) is 0 Å². The highest BCUT2D eigenvalue weighted by Gasteiger charge is 2.30. The average molecular weight is 366 g/mol. The van der Waals surface area contributed by atoms with Gasteiger partial charge in [-0.05, 0) is 30.2 Å². The van der Waals surface area contributed by atoms with Crippen molar-refractivity contribution in [2.45, 2.75) is 19.6 Å². The largest absolute Gasteiger partial charge is 0.487 e. The third-order valence-electron chi connectivity index (χ3n) is 5.29. The van der Waals surface area contributed by atoms with Gasteiger partial charge in [-0.15, -0.1) is 0 Å². The van der Waals surface area contributed by atoms with Gasteiger partial charge in [0.25, 0.3) is 5.91 Å². The van der Waals surface area contributed by atoms with Crippen molar-refractivity contribution in [3.8, 4) is 5.75 Å². The fraction of sp³-hybridized carbons (Fsp3) is 0.409. The first-order valence-electron chi connectivity index (χ1n) is 9.60. The zero-order valence-electron chi connectivity index (χ0n) is 15.8. The molecule has 5 nitrogen and oxygen atoms in total. The van der Waals surface area contributed by atoms with Gasteiger partial charge in [0.2, 0.25) is 0 Å². The van der Waals surface area contributed by atoms with Gasteiger partial charge >= 0.3 is 0 Å². The molecule has 0 saturated carbocycles. The summed E-state index contributed by atoms with van der Waals surface area (Å²) in [5.41, 5.74) is 3.33. The molecule has 27 heavy (non-hydrogen) atoms. The fourth-order valence-electron chi connectivity index (χ4n) is 3.62. The number of rotatable bonds is 5. The molecule has 0 N–H and O–H groups in total. The highest BCUT2D eigenvalue weighted by Crippen LogP contribution is 2.25. The number of benzene rings is 2. The lowest BCUT2D eigenvalue weighted by atomic mass is 10.1. The number of ether oxygens (including phenoxy) is 2. The minimum absolute atomic E-state index is 0.0324. The predicted octanol–water partition coefficient (Wildman–Crippen LogP) is 2.73. The van der Waals surface area contributed by atoms with Gasteiger partial charge in [0.05, 0.1) is 18.8 Å². The molecule has 0 spiro atoms. The number of amides is 1. The van der Waals surface area contributed by atoms with Crippen LogP contribution in [0.1, 0.15) is 21.5 Å². The molecule has 2 aromatic rings. The van der Waals surface area contributed by atoms with E-state index < -0.39 is 0 Å². The van der Waals surface area contributed by atoms with Crippen LogP contribution < -0.4 is 4.74 Å². The molecule has 2 fully saturated rings. The molecule has 0 aromatic heterocycles. The van der Waals surface area contributed by atoms with Crippen molar-refractivity contribution >= 4 is 5.91 Å². The number of nitrogens with zero attached hydrogens (tertiary/aromatic N) is 2. The van der Waals surface area contributed by atoms with Gasteiger partial charge < -0.3 is 14.4 Å². The van der Waals surface area contributed by atoms with E-state index in [1.807, 2.05) is 29.2 Å². The van der Waals surface area contributed by atoms with Gasteiger partial charge in [0.1, 0.15) is 11.9 Å². The smallest absolute Gasteiger partial charge is 0.257 e. The van der Waals surface area contributed by atoms with E-state index in [-0.39, 0.29) is 12.0 Å². The first kappa shape index (κ1) is 18.0. The zero-order chi connectivity index (χ0) is 18.6. The molecule has 142 valence electrons. The molecule has 0 atom stereocenters. The lowest BCUT2D eigenvalue weighted by molar-refractivity contribution is 0.0124. The van der Waals surface area contributed by atoms with Gasteiger partial charge in [-0.25, -0.2) is 0 Å². The van der Waals surface area contributed by atoms with Crippen LogP contribution in [0.5, 0.6) is 5.75 Å². The number of carbonyl (C=O) groups excluding carboxylic acids is 1. The molecule has 4 rings (SSSR count). The average Bonchev–Trinajstić information content (AvgIpc) is 2.68. The summed E-state index contributed by atoms with van der Waals surface area (Å²) in [5.74, 6) is 0.722. The number of aryl methyl sites for hydroxylation is 1.